The molecule has 0 bridgehead atoms. The van der Waals surface area contributed by atoms with Gasteiger partial charge >= 0.3 is 5.97 Å². The summed E-state index contributed by atoms with van der Waals surface area (Å²) in [5.41, 5.74) is 11.6. The van der Waals surface area contributed by atoms with Crippen molar-refractivity contribution in [1.82, 2.24) is 25.9 Å². The minimum absolute atomic E-state index is 0.0258. The minimum Gasteiger partial charge on any atom is -0.480 e. The van der Waals surface area contributed by atoms with Crippen molar-refractivity contribution in [2.45, 2.75) is 63.7 Å². The lowest BCUT2D eigenvalue weighted by molar-refractivity contribution is -0.142. The molecule has 0 radical (unpaired) electrons. The van der Waals surface area contributed by atoms with Gasteiger partial charge in [-0.15, -0.1) is 0 Å². The zero-order valence-electron chi connectivity index (χ0n) is 20.1. The molecule has 4 amide bonds. The van der Waals surface area contributed by atoms with E-state index in [2.05, 4.69) is 25.9 Å². The summed E-state index contributed by atoms with van der Waals surface area (Å²) in [5.74, 6) is -3.67. The number of aliphatic carboxylic acids is 1. The lowest BCUT2D eigenvalue weighted by Crippen LogP contribution is -2.58. The van der Waals surface area contributed by atoms with Crippen molar-refractivity contribution >= 4 is 41.4 Å². The van der Waals surface area contributed by atoms with E-state index < -0.39 is 53.8 Å². The molecule has 9 N–H and O–H groups in total. The Balaban J connectivity index is 3.06. The maximum absolute atomic E-state index is 13.1. The number of nitrogens with one attached hydrogen (secondary N) is 4. The van der Waals surface area contributed by atoms with Crippen molar-refractivity contribution in [3.63, 3.8) is 0 Å². The first-order valence-corrected chi connectivity index (χ1v) is 12.5. The summed E-state index contributed by atoms with van der Waals surface area (Å²) in [5, 5.41) is 16.9. The quantitative estimate of drug-likeness (QED) is 0.136. The Kier molecular flexibility index (Phi) is 12.8. The zero-order chi connectivity index (χ0) is 26.5. The maximum Gasteiger partial charge on any atom is 0.326 e. The fourth-order valence-corrected chi connectivity index (χ4v) is 3.46. The molecule has 35 heavy (non-hydrogen) atoms. The number of imidazole rings is 1. The number of primary amides is 1. The van der Waals surface area contributed by atoms with Gasteiger partial charge in [-0.05, 0) is 30.8 Å². The summed E-state index contributed by atoms with van der Waals surface area (Å²) in [6.07, 6.45) is 4.51. The van der Waals surface area contributed by atoms with E-state index in [1.165, 1.54) is 24.3 Å². The summed E-state index contributed by atoms with van der Waals surface area (Å²) < 4.78 is 0. The highest BCUT2D eigenvalue weighted by molar-refractivity contribution is 7.98. The van der Waals surface area contributed by atoms with E-state index in [0.29, 0.717) is 11.4 Å². The molecule has 0 spiro atoms. The number of nitrogens with two attached hydrogens (primary N) is 2. The van der Waals surface area contributed by atoms with E-state index in [1.54, 1.807) is 20.1 Å². The third-order valence-electron chi connectivity index (χ3n) is 5.17. The van der Waals surface area contributed by atoms with Crippen LogP contribution in [0.1, 0.15) is 38.8 Å². The van der Waals surface area contributed by atoms with Crippen molar-refractivity contribution in [2.24, 2.45) is 17.4 Å². The first-order valence-electron chi connectivity index (χ1n) is 11.1. The van der Waals surface area contributed by atoms with Crippen molar-refractivity contribution in [1.29, 1.82) is 0 Å². The Labute approximate surface area is 207 Å². The van der Waals surface area contributed by atoms with Gasteiger partial charge in [0.05, 0.1) is 12.4 Å². The van der Waals surface area contributed by atoms with Crippen LogP contribution in [-0.2, 0) is 30.4 Å². The van der Waals surface area contributed by atoms with Crippen LogP contribution in [0.15, 0.2) is 12.5 Å². The number of thioether (sulfide) groups is 1. The van der Waals surface area contributed by atoms with E-state index >= 15 is 0 Å². The lowest BCUT2D eigenvalue weighted by atomic mass is 10.0. The van der Waals surface area contributed by atoms with Crippen LogP contribution in [0.25, 0.3) is 0 Å². The number of amides is 4. The SMILES string of the molecule is CSCCC(NC(=O)C(CCC(N)=O)NC(=O)C(Cc1cnc[nH]1)NC(=O)C(N)C(C)C)C(=O)O. The standard InChI is InChI=1S/C21H35N7O6S/c1-11(2)17(23)20(32)28-15(8-12-9-24-10-25-12)19(31)26-13(4-5-16(22)29)18(30)27-14(21(33)34)6-7-35-3/h9-11,13-15,17H,4-8,23H2,1-3H3,(H2,22,29)(H,24,25)(H,26,31)(H,27,30)(H,28,32)(H,33,34). The number of H-pyrrole nitrogens is 1. The predicted molar refractivity (Wildman–Crippen MR) is 130 cm³/mol. The molecule has 1 aromatic rings. The molecule has 1 aromatic heterocycles. The minimum atomic E-state index is -1.26. The summed E-state index contributed by atoms with van der Waals surface area (Å²) in [7, 11) is 0. The molecule has 4 atom stereocenters. The molecule has 0 saturated heterocycles. The Morgan fingerprint density at radius 3 is 2.14 bits per heavy atom. The molecule has 0 aliphatic rings. The number of hydrogen-bond donors (Lipinski definition) is 7. The van der Waals surface area contributed by atoms with Crippen LogP contribution >= 0.6 is 11.8 Å². The van der Waals surface area contributed by atoms with Crippen molar-refractivity contribution in [3.8, 4) is 0 Å². The molecule has 0 aromatic carbocycles. The van der Waals surface area contributed by atoms with Crippen LogP contribution in [0.4, 0.5) is 0 Å². The molecule has 1 rings (SSSR count). The number of aromatic nitrogens is 2. The largest absolute Gasteiger partial charge is 0.480 e. The lowest BCUT2D eigenvalue weighted by Gasteiger charge is -2.25. The second kappa shape index (κ2) is 15.0. The third-order valence-corrected chi connectivity index (χ3v) is 5.81. The highest BCUT2D eigenvalue weighted by Crippen LogP contribution is 2.07. The number of hydrogen-bond acceptors (Lipinski definition) is 8. The summed E-state index contributed by atoms with van der Waals surface area (Å²) >= 11 is 1.42. The summed E-state index contributed by atoms with van der Waals surface area (Å²) in [6, 6.07) is -4.42. The fraction of sp³-hybridized carbons (Fsp3) is 0.619. The van der Waals surface area contributed by atoms with Crippen LogP contribution < -0.4 is 27.4 Å². The molecule has 196 valence electrons. The molecule has 0 aliphatic heterocycles. The molecule has 4 unspecified atom stereocenters. The zero-order valence-corrected chi connectivity index (χ0v) is 20.9. The molecular formula is C21H35N7O6S. The second-order valence-corrected chi connectivity index (χ2v) is 9.34. The van der Waals surface area contributed by atoms with Gasteiger partial charge in [0.2, 0.25) is 23.6 Å². The number of nitrogens with zero attached hydrogens (tertiary/aromatic N) is 1. The highest BCUT2D eigenvalue weighted by Gasteiger charge is 2.31. The molecule has 0 fully saturated rings. The number of rotatable bonds is 16. The summed E-state index contributed by atoms with van der Waals surface area (Å²) in [4.78, 5) is 68.1. The average Bonchev–Trinajstić information content (AvgIpc) is 3.30. The van der Waals surface area contributed by atoms with Gasteiger partial charge in [0, 0.05) is 24.7 Å². The smallest absolute Gasteiger partial charge is 0.326 e. The van der Waals surface area contributed by atoms with Gasteiger partial charge in [0.1, 0.15) is 18.1 Å². The van der Waals surface area contributed by atoms with Crippen LogP contribution in [0, 0.1) is 5.92 Å². The Morgan fingerprint density at radius 1 is 1.03 bits per heavy atom. The monoisotopic (exact) mass is 513 g/mol. The van der Waals surface area contributed by atoms with Crippen LogP contribution in [0.3, 0.4) is 0 Å². The molecule has 0 aliphatic carbocycles. The summed E-state index contributed by atoms with van der Waals surface area (Å²) in [6.45, 7) is 3.52. The Hall–Kier alpha value is -3.13. The van der Waals surface area contributed by atoms with Crippen molar-refractivity contribution < 1.29 is 29.1 Å². The van der Waals surface area contributed by atoms with E-state index in [1.807, 2.05) is 0 Å². The van der Waals surface area contributed by atoms with Gasteiger partial charge in [0.25, 0.3) is 0 Å². The maximum atomic E-state index is 13.1. The number of carboxylic acid groups (broad SMARTS) is 1. The third kappa shape index (κ3) is 10.8. The molecule has 1 heterocycles. The Bertz CT molecular complexity index is 864. The fourth-order valence-electron chi connectivity index (χ4n) is 2.99. The predicted octanol–water partition coefficient (Wildman–Crippen LogP) is -1.51. The van der Waals surface area contributed by atoms with Crippen LogP contribution in [0.5, 0.6) is 0 Å². The molecule has 13 nitrogen and oxygen atoms in total. The first kappa shape index (κ1) is 29.9. The van der Waals surface area contributed by atoms with E-state index in [9.17, 15) is 29.1 Å². The first-order chi connectivity index (χ1) is 16.5. The number of carbonyl (C=O) groups is 5. The van der Waals surface area contributed by atoms with Crippen molar-refractivity contribution in [2.75, 3.05) is 12.0 Å². The van der Waals surface area contributed by atoms with Gasteiger partial charge in [-0.3, -0.25) is 19.2 Å². The van der Waals surface area contributed by atoms with E-state index in [4.69, 9.17) is 11.5 Å². The van der Waals surface area contributed by atoms with Gasteiger partial charge < -0.3 is 37.5 Å². The topological polar surface area (TPSA) is 222 Å². The number of carbonyl (C=O) groups excluding carboxylic acids is 4. The molecule has 0 saturated carbocycles. The van der Waals surface area contributed by atoms with Gasteiger partial charge in [0.15, 0.2) is 0 Å². The van der Waals surface area contributed by atoms with Gasteiger partial charge in [-0.2, -0.15) is 11.8 Å². The average molecular weight is 514 g/mol. The van der Waals surface area contributed by atoms with E-state index in [-0.39, 0.29) is 31.6 Å². The van der Waals surface area contributed by atoms with Crippen LogP contribution in [-0.4, -0.2) is 80.8 Å². The number of carboxylic acids is 1. The van der Waals surface area contributed by atoms with Crippen LogP contribution in [0.2, 0.25) is 0 Å². The van der Waals surface area contributed by atoms with Gasteiger partial charge in [-0.25, -0.2) is 9.78 Å². The molecule has 14 heteroatoms. The number of aromatic amines is 1. The van der Waals surface area contributed by atoms with Gasteiger partial charge in [-0.1, -0.05) is 13.8 Å². The Morgan fingerprint density at radius 2 is 1.63 bits per heavy atom. The van der Waals surface area contributed by atoms with E-state index in [0.717, 1.165) is 0 Å². The van der Waals surface area contributed by atoms with Crippen molar-refractivity contribution in [3.05, 3.63) is 18.2 Å². The molecular weight excluding hydrogens is 478 g/mol. The normalized spacial score (nSPS) is 14.4. The second-order valence-electron chi connectivity index (χ2n) is 8.36. The highest BCUT2D eigenvalue weighted by atomic mass is 32.2.